The van der Waals surface area contributed by atoms with Crippen molar-refractivity contribution in [2.24, 2.45) is 0 Å². The molecule has 2 aromatic carbocycles. The van der Waals surface area contributed by atoms with Crippen LogP contribution in [0.1, 0.15) is 11.1 Å². The lowest BCUT2D eigenvalue weighted by Crippen LogP contribution is -2.22. The number of benzene rings is 2. The summed E-state index contributed by atoms with van der Waals surface area (Å²) in [5.74, 6) is -0.00326. The van der Waals surface area contributed by atoms with Gasteiger partial charge in [0.1, 0.15) is 23.2 Å². The second-order valence-corrected chi connectivity index (χ2v) is 9.51. The van der Waals surface area contributed by atoms with E-state index in [-0.39, 0.29) is 10.6 Å². The van der Waals surface area contributed by atoms with E-state index in [1.165, 1.54) is 32.6 Å². The highest BCUT2D eigenvalue weighted by atomic mass is 32.2. The predicted molar refractivity (Wildman–Crippen MR) is 117 cm³/mol. The predicted octanol–water partition coefficient (Wildman–Crippen LogP) is 3.83. The number of sulfonamides is 1. The van der Waals surface area contributed by atoms with Crippen LogP contribution in [0.4, 0.5) is 21.6 Å². The number of nitrogens with one attached hydrogen (secondary N) is 1. The summed E-state index contributed by atoms with van der Waals surface area (Å²) in [4.78, 5) is 10.3. The van der Waals surface area contributed by atoms with Gasteiger partial charge in [0, 0.05) is 19.8 Å². The van der Waals surface area contributed by atoms with Crippen molar-refractivity contribution < 1.29 is 12.8 Å². The summed E-state index contributed by atoms with van der Waals surface area (Å²) in [6.07, 6.45) is 2.94. The molecule has 0 amide bonds. The molecule has 0 radical (unpaired) electrons. The molecular formula is C21H21FN6O2S. The van der Waals surface area contributed by atoms with Crippen LogP contribution in [0.3, 0.4) is 0 Å². The fraction of sp³-hybridized carbons (Fsp3) is 0.190. The van der Waals surface area contributed by atoms with Crippen LogP contribution in [0.15, 0.2) is 53.8 Å². The summed E-state index contributed by atoms with van der Waals surface area (Å²) in [6, 6.07) is 9.70. The molecule has 10 heteroatoms. The van der Waals surface area contributed by atoms with Crippen LogP contribution >= 0.6 is 0 Å². The molecule has 0 fully saturated rings. The lowest BCUT2D eigenvalue weighted by atomic mass is 10.1. The van der Waals surface area contributed by atoms with Gasteiger partial charge in [-0.05, 0) is 55.3 Å². The third kappa shape index (κ3) is 3.64. The minimum absolute atomic E-state index is 0.136. The van der Waals surface area contributed by atoms with Crippen LogP contribution in [-0.4, -0.2) is 47.0 Å². The summed E-state index contributed by atoms with van der Waals surface area (Å²) < 4.78 is 41.3. The Hall–Kier alpha value is -3.37. The number of fused-ring (bicyclic) bond motifs is 1. The number of aromatic amines is 1. The van der Waals surface area contributed by atoms with Gasteiger partial charge in [-0.2, -0.15) is 5.10 Å². The first-order chi connectivity index (χ1) is 14.7. The van der Waals surface area contributed by atoms with Gasteiger partial charge in [-0.25, -0.2) is 27.1 Å². The maximum absolute atomic E-state index is 15.3. The second kappa shape index (κ2) is 7.71. The molecule has 2 aromatic heterocycles. The van der Waals surface area contributed by atoms with E-state index in [0.717, 1.165) is 9.87 Å². The summed E-state index contributed by atoms with van der Waals surface area (Å²) >= 11 is 0. The molecule has 31 heavy (non-hydrogen) atoms. The van der Waals surface area contributed by atoms with Crippen molar-refractivity contribution in [3.05, 3.63) is 65.9 Å². The highest BCUT2D eigenvalue weighted by Gasteiger charge is 2.24. The standard InChI is InChI=1S/C21H21FN6O2S/c1-13-9-14(2)19(22)18(10-13)28(21-20-17(11-25-26-20)23-12-24-21)15-5-7-16(8-6-15)31(29,30)27(3)4/h5-12H,1-4H3,(H,25,26). The zero-order chi connectivity index (χ0) is 22.3. The molecule has 0 saturated carbocycles. The highest BCUT2D eigenvalue weighted by molar-refractivity contribution is 7.89. The minimum Gasteiger partial charge on any atom is -0.290 e. The molecule has 1 N–H and O–H groups in total. The Morgan fingerprint density at radius 2 is 1.74 bits per heavy atom. The highest BCUT2D eigenvalue weighted by Crippen LogP contribution is 2.39. The first-order valence-corrected chi connectivity index (χ1v) is 10.9. The average molecular weight is 441 g/mol. The molecule has 2 heterocycles. The van der Waals surface area contributed by atoms with E-state index in [9.17, 15) is 8.42 Å². The van der Waals surface area contributed by atoms with Crippen molar-refractivity contribution in [2.75, 3.05) is 19.0 Å². The molecule has 0 bridgehead atoms. The fourth-order valence-electron chi connectivity index (χ4n) is 3.37. The Kier molecular flexibility index (Phi) is 5.19. The summed E-state index contributed by atoms with van der Waals surface area (Å²) in [5, 5.41) is 6.89. The first kappa shape index (κ1) is 20.9. The van der Waals surface area contributed by atoms with Crippen LogP contribution < -0.4 is 4.90 Å². The van der Waals surface area contributed by atoms with Crippen molar-refractivity contribution in [2.45, 2.75) is 18.7 Å². The minimum atomic E-state index is -3.60. The number of rotatable bonds is 5. The number of H-pyrrole nitrogens is 1. The monoisotopic (exact) mass is 440 g/mol. The number of aryl methyl sites for hydroxylation is 2. The van der Waals surface area contributed by atoms with E-state index in [1.807, 2.05) is 6.92 Å². The normalized spacial score (nSPS) is 11.9. The van der Waals surface area contributed by atoms with E-state index >= 15 is 4.39 Å². The van der Waals surface area contributed by atoms with Gasteiger partial charge in [0.05, 0.1) is 16.8 Å². The molecule has 0 aliphatic heterocycles. The van der Waals surface area contributed by atoms with Gasteiger partial charge in [0.15, 0.2) is 5.82 Å². The molecule has 160 valence electrons. The van der Waals surface area contributed by atoms with Gasteiger partial charge in [0.25, 0.3) is 0 Å². The Morgan fingerprint density at radius 1 is 1.03 bits per heavy atom. The fourth-order valence-corrected chi connectivity index (χ4v) is 4.27. The van der Waals surface area contributed by atoms with Crippen LogP contribution in [0, 0.1) is 19.7 Å². The van der Waals surface area contributed by atoms with Crippen LogP contribution in [0.25, 0.3) is 11.0 Å². The van der Waals surface area contributed by atoms with Gasteiger partial charge in [-0.15, -0.1) is 0 Å². The molecule has 0 aliphatic carbocycles. The Labute approximate surface area is 179 Å². The number of nitrogens with zero attached hydrogens (tertiary/aromatic N) is 5. The van der Waals surface area contributed by atoms with E-state index in [1.54, 1.807) is 42.3 Å². The van der Waals surface area contributed by atoms with E-state index in [4.69, 9.17) is 0 Å². The van der Waals surface area contributed by atoms with Crippen LogP contribution in [0.5, 0.6) is 0 Å². The maximum atomic E-state index is 15.3. The number of hydrogen-bond acceptors (Lipinski definition) is 6. The van der Waals surface area contributed by atoms with E-state index < -0.39 is 15.8 Å². The lowest BCUT2D eigenvalue weighted by Gasteiger charge is -2.26. The van der Waals surface area contributed by atoms with E-state index in [0.29, 0.717) is 28.1 Å². The molecule has 0 aliphatic rings. The van der Waals surface area contributed by atoms with Crippen molar-refractivity contribution in [3.63, 3.8) is 0 Å². The van der Waals surface area contributed by atoms with Crippen molar-refractivity contribution in [1.82, 2.24) is 24.5 Å². The Morgan fingerprint density at radius 3 is 2.42 bits per heavy atom. The largest absolute Gasteiger partial charge is 0.290 e. The number of halogens is 1. The lowest BCUT2D eigenvalue weighted by molar-refractivity contribution is 0.521. The van der Waals surface area contributed by atoms with Gasteiger partial charge in [0.2, 0.25) is 10.0 Å². The topological polar surface area (TPSA) is 95.1 Å². The van der Waals surface area contributed by atoms with Crippen molar-refractivity contribution in [3.8, 4) is 0 Å². The maximum Gasteiger partial charge on any atom is 0.242 e. The smallest absolute Gasteiger partial charge is 0.242 e. The van der Waals surface area contributed by atoms with Crippen LogP contribution in [0.2, 0.25) is 0 Å². The van der Waals surface area contributed by atoms with Crippen LogP contribution in [-0.2, 0) is 10.0 Å². The molecule has 4 aromatic rings. The van der Waals surface area contributed by atoms with E-state index in [2.05, 4.69) is 20.2 Å². The molecule has 0 saturated heterocycles. The molecule has 4 rings (SSSR count). The Bertz CT molecular complexity index is 1370. The zero-order valence-electron chi connectivity index (χ0n) is 17.5. The quantitative estimate of drug-likeness (QED) is 0.507. The average Bonchev–Trinajstić information content (AvgIpc) is 3.21. The third-order valence-corrected chi connectivity index (χ3v) is 6.75. The third-order valence-electron chi connectivity index (χ3n) is 4.93. The van der Waals surface area contributed by atoms with Crippen molar-refractivity contribution in [1.29, 1.82) is 0 Å². The summed E-state index contributed by atoms with van der Waals surface area (Å²) in [6.45, 7) is 3.58. The van der Waals surface area contributed by atoms with Gasteiger partial charge < -0.3 is 0 Å². The molecular weight excluding hydrogens is 419 g/mol. The summed E-state index contributed by atoms with van der Waals surface area (Å²) in [5.41, 5.74) is 3.30. The first-order valence-electron chi connectivity index (χ1n) is 9.43. The number of hydrogen-bond donors (Lipinski definition) is 1. The Balaban J connectivity index is 1.96. The summed E-state index contributed by atoms with van der Waals surface area (Å²) in [7, 11) is -0.660. The van der Waals surface area contributed by atoms with Gasteiger partial charge in [-0.3, -0.25) is 10.00 Å². The SMILES string of the molecule is Cc1cc(C)c(F)c(N(c2ccc(S(=O)(=O)N(C)C)cc2)c2ncnc3cn[nH]c23)c1. The molecule has 8 nitrogen and oxygen atoms in total. The number of aromatic nitrogens is 4. The van der Waals surface area contributed by atoms with Gasteiger partial charge in [-0.1, -0.05) is 6.07 Å². The molecule has 0 unspecified atom stereocenters. The second-order valence-electron chi connectivity index (χ2n) is 7.36. The zero-order valence-corrected chi connectivity index (χ0v) is 18.3. The molecule has 0 spiro atoms. The number of anilines is 3. The van der Waals surface area contributed by atoms with Crippen molar-refractivity contribution >= 4 is 38.2 Å². The van der Waals surface area contributed by atoms with Gasteiger partial charge >= 0.3 is 0 Å². The molecule has 0 atom stereocenters.